The van der Waals surface area contributed by atoms with E-state index in [-0.39, 0.29) is 6.61 Å². The molecule has 0 aromatic rings. The van der Waals surface area contributed by atoms with Gasteiger partial charge in [0, 0.05) is 0 Å². The van der Waals surface area contributed by atoms with Crippen LogP contribution in [0.15, 0.2) is 0 Å². The molecule has 6 nitrogen and oxygen atoms in total. The Morgan fingerprint density at radius 3 is 2.20 bits per heavy atom. The van der Waals surface area contributed by atoms with Crippen molar-refractivity contribution in [2.24, 2.45) is 0 Å². The third kappa shape index (κ3) is 2.62. The molecule has 0 aromatic carbocycles. The number of ether oxygens (including phenoxy) is 2. The third-order valence-electron chi connectivity index (χ3n) is 2.13. The Morgan fingerprint density at radius 1 is 1.13 bits per heavy atom. The monoisotopic (exact) mass is 474 g/mol. The Bertz CT molecular complexity index is 177. The maximum Gasteiger partial charge on any atom is 0.184 e. The molecular formula is C8H15O6Rf-. The molecule has 0 aromatic heterocycles. The molecule has 15 heavy (non-hydrogen) atoms. The van der Waals surface area contributed by atoms with Crippen LogP contribution in [0.1, 0.15) is 0 Å². The number of hydrogen-bond donors (Lipinski definition) is 4. The second kappa shape index (κ2) is 5.59. The fraction of sp³-hybridized carbons (Fsp3) is 0.875. The van der Waals surface area contributed by atoms with Crippen molar-refractivity contribution < 1.29 is 29.9 Å². The van der Waals surface area contributed by atoms with Crippen LogP contribution in [0.3, 0.4) is 0 Å². The summed E-state index contributed by atoms with van der Waals surface area (Å²) in [6.45, 7) is 2.99. The smallest absolute Gasteiger partial charge is 0.184 e. The van der Waals surface area contributed by atoms with Crippen LogP contribution in [0, 0.1) is 6.92 Å². The fourth-order valence-electron chi connectivity index (χ4n) is 1.32. The quantitative estimate of drug-likeness (QED) is 0.342. The molecule has 1 aliphatic rings. The summed E-state index contributed by atoms with van der Waals surface area (Å²) in [6.07, 6.45) is -6.07. The normalized spacial score (nSPS) is 41.0. The van der Waals surface area contributed by atoms with Crippen molar-refractivity contribution in [1.82, 2.24) is 0 Å². The van der Waals surface area contributed by atoms with Gasteiger partial charge in [-0.3, -0.25) is 0 Å². The van der Waals surface area contributed by atoms with Crippen molar-refractivity contribution in [2.45, 2.75) is 30.7 Å². The van der Waals surface area contributed by atoms with Crippen molar-refractivity contribution in [3.05, 3.63) is 6.92 Å². The van der Waals surface area contributed by atoms with E-state index >= 15 is 0 Å². The molecule has 1 fully saturated rings. The van der Waals surface area contributed by atoms with Gasteiger partial charge in [-0.05, 0) is 0 Å². The molecule has 1 heterocycles. The van der Waals surface area contributed by atoms with Gasteiger partial charge in [0.2, 0.25) is 0 Å². The maximum atomic E-state index is 9.38. The Hall–Kier alpha value is -1.24. The van der Waals surface area contributed by atoms with E-state index in [0.29, 0.717) is 0 Å². The van der Waals surface area contributed by atoms with Crippen LogP contribution in [-0.4, -0.2) is 64.3 Å². The van der Waals surface area contributed by atoms with Crippen LogP contribution >= 0.6 is 0 Å². The molecule has 0 saturated carbocycles. The predicted molar refractivity (Wildman–Crippen MR) is 45.1 cm³/mol. The number of aliphatic hydroxyl groups excluding tert-OH is 4. The van der Waals surface area contributed by atoms with E-state index in [1.165, 1.54) is 0 Å². The molecule has 0 bridgehead atoms. The Labute approximate surface area is 81.7 Å². The van der Waals surface area contributed by atoms with Gasteiger partial charge < -0.3 is 36.8 Å². The van der Waals surface area contributed by atoms with Crippen molar-refractivity contribution in [2.75, 3.05) is 13.2 Å². The molecule has 5 unspecified atom stereocenters. The van der Waals surface area contributed by atoms with Gasteiger partial charge in [-0.2, -0.15) is 0 Å². The molecule has 7 heteroatoms. The van der Waals surface area contributed by atoms with Crippen LogP contribution in [0.5, 0.6) is 0 Å². The van der Waals surface area contributed by atoms with Crippen LogP contribution in [0.4, 0.5) is 0 Å². The second-order valence-electron chi connectivity index (χ2n) is 3.07. The fourth-order valence-corrected chi connectivity index (χ4v) is 1.32. The minimum absolute atomic E-state index is 0. The topological polar surface area (TPSA) is 99.4 Å². The van der Waals surface area contributed by atoms with Crippen molar-refractivity contribution >= 4 is 0 Å². The van der Waals surface area contributed by atoms with Gasteiger partial charge in [-0.1, -0.05) is 6.61 Å². The average Bonchev–Trinajstić information content (AvgIpc) is 2.19. The molecule has 86 valence electrons. The number of hydrogen-bond acceptors (Lipinski definition) is 6. The van der Waals surface area contributed by atoms with E-state index < -0.39 is 37.3 Å². The van der Waals surface area contributed by atoms with Crippen LogP contribution in [0.25, 0.3) is 0 Å². The van der Waals surface area contributed by atoms with E-state index in [9.17, 15) is 15.3 Å². The summed E-state index contributed by atoms with van der Waals surface area (Å²) < 4.78 is 9.88. The molecule has 4 N–H and O–H groups in total. The minimum Gasteiger partial charge on any atom is -0.394 e. The first-order valence-electron chi connectivity index (χ1n) is 4.33. The van der Waals surface area contributed by atoms with Crippen molar-refractivity contribution in [3.63, 3.8) is 0 Å². The number of rotatable bonds is 3. The van der Waals surface area contributed by atoms with Gasteiger partial charge >= 0.3 is 0 Å². The van der Waals surface area contributed by atoms with Crippen LogP contribution in [-0.2, 0) is 9.47 Å². The minimum atomic E-state index is -1.39. The third-order valence-corrected chi connectivity index (χ3v) is 2.13. The summed E-state index contributed by atoms with van der Waals surface area (Å²) in [5, 5.41) is 36.9. The van der Waals surface area contributed by atoms with Gasteiger partial charge in [0.1, 0.15) is 24.4 Å². The maximum absolute atomic E-state index is 9.38. The molecular weight excluding hydrogens is 459 g/mol. The summed E-state index contributed by atoms with van der Waals surface area (Å²) in [6, 6.07) is 0. The Kier molecular flexibility index (Phi) is 5.13. The van der Waals surface area contributed by atoms with Gasteiger partial charge in [-0.15, -0.1) is 0 Å². The molecule has 0 spiro atoms. The number of aliphatic hydroxyl groups is 4. The Balaban J connectivity index is 0.00000196. The van der Waals surface area contributed by atoms with Crippen molar-refractivity contribution in [3.8, 4) is 0 Å². The first-order chi connectivity index (χ1) is 6.61. The zero-order valence-corrected chi connectivity index (χ0v) is 14.7. The summed E-state index contributed by atoms with van der Waals surface area (Å²) in [5.41, 5.74) is 0. The zero-order valence-electron chi connectivity index (χ0n) is 8.32. The average molecular weight is 474 g/mol. The van der Waals surface area contributed by atoms with Gasteiger partial charge in [-0.25, -0.2) is 0 Å². The first kappa shape index (κ1) is 13.8. The predicted octanol–water partition coefficient (Wildman–Crippen LogP) is -2.36. The summed E-state index contributed by atoms with van der Waals surface area (Å²) in [7, 11) is 0. The van der Waals surface area contributed by atoms with E-state index in [4.69, 9.17) is 14.6 Å². The molecule has 1 aliphatic heterocycles. The molecule has 1 rings (SSSR count). The van der Waals surface area contributed by atoms with E-state index in [1.54, 1.807) is 0 Å². The van der Waals surface area contributed by atoms with E-state index in [2.05, 4.69) is 6.92 Å². The Morgan fingerprint density at radius 2 is 1.73 bits per heavy atom. The van der Waals surface area contributed by atoms with Gasteiger partial charge in [0.15, 0.2) is 6.29 Å². The van der Waals surface area contributed by atoms with Crippen LogP contribution < -0.4 is 0 Å². The zero-order chi connectivity index (χ0) is 10.7. The van der Waals surface area contributed by atoms with E-state index in [0.717, 1.165) is 0 Å². The van der Waals surface area contributed by atoms with Crippen molar-refractivity contribution in [1.29, 1.82) is 0 Å². The molecule has 0 radical (unpaired) electrons. The molecule has 5 atom stereocenters. The SMILES string of the molecule is [CH2-]COC1OC(CO)C(O)C(O)C1O.[Rf]. The molecule has 1 saturated heterocycles. The second-order valence-corrected chi connectivity index (χ2v) is 3.07. The van der Waals surface area contributed by atoms with Gasteiger partial charge in [0.25, 0.3) is 0 Å². The molecule has 0 amide bonds. The summed E-state index contributed by atoms with van der Waals surface area (Å²) in [5.74, 6) is 0. The first-order valence-corrected chi connectivity index (χ1v) is 4.33. The largest absolute Gasteiger partial charge is 0.394 e. The van der Waals surface area contributed by atoms with Gasteiger partial charge in [0.05, 0.1) is 6.61 Å². The van der Waals surface area contributed by atoms with Crippen LogP contribution in [0.2, 0.25) is 0 Å². The molecule has 0 aliphatic carbocycles. The standard InChI is InChI=1S/C8H15O6.Rf/c1-2-13-8-7(12)6(11)5(10)4(3-9)14-8;/h4-12H,1-3H2;/q-1;. The van der Waals surface area contributed by atoms with E-state index in [1.807, 2.05) is 0 Å². The summed E-state index contributed by atoms with van der Waals surface area (Å²) in [4.78, 5) is 0. The summed E-state index contributed by atoms with van der Waals surface area (Å²) >= 11 is 0.